The van der Waals surface area contributed by atoms with Gasteiger partial charge >= 0.3 is 7.25 Å². The highest BCUT2D eigenvalue weighted by molar-refractivity contribution is 6.50. The maximum Gasteiger partial charge on any atom is 0.673 e. The molecule has 1 nitrogen and oxygen atoms in total. The van der Waals surface area contributed by atoms with Gasteiger partial charge in [0.05, 0.1) is 10.8 Å². The molecule has 0 fully saturated rings. The second-order valence-corrected chi connectivity index (χ2v) is 12.2. The van der Waals surface area contributed by atoms with E-state index in [0.717, 1.165) is 0 Å². The number of aromatic nitrogens is 1. The number of halogens is 4. The van der Waals surface area contributed by atoms with E-state index in [1.165, 1.54) is 60.8 Å². The summed E-state index contributed by atoms with van der Waals surface area (Å²) in [7, 11) is -3.78. The summed E-state index contributed by atoms with van der Waals surface area (Å²) in [6, 6.07) is 18.8. The van der Waals surface area contributed by atoms with Gasteiger partial charge in [-0.2, -0.15) is 4.57 Å². The normalized spacial score (nSPS) is 12.6. The molecule has 4 aromatic rings. The van der Waals surface area contributed by atoms with Crippen LogP contribution in [0.15, 0.2) is 48.5 Å². The molecular weight excluding hydrogens is 473 g/mol. The van der Waals surface area contributed by atoms with Crippen LogP contribution in [0.25, 0.3) is 32.9 Å². The van der Waals surface area contributed by atoms with Crippen LogP contribution in [0.1, 0.15) is 69.4 Å². The zero-order valence-electron chi connectivity index (χ0n) is 23.7. The highest BCUT2D eigenvalue weighted by Crippen LogP contribution is 2.40. The van der Waals surface area contributed by atoms with Crippen LogP contribution < -0.4 is 4.57 Å². The smallest absolute Gasteiger partial charge is 0.418 e. The molecule has 6 heteroatoms. The van der Waals surface area contributed by atoms with Crippen molar-refractivity contribution < 1.29 is 21.8 Å². The van der Waals surface area contributed by atoms with Crippen LogP contribution in [0.3, 0.4) is 0 Å². The van der Waals surface area contributed by atoms with Crippen LogP contribution in [-0.4, -0.2) is 7.25 Å². The third-order valence-corrected chi connectivity index (χ3v) is 6.92. The Kier molecular flexibility index (Phi) is 7.58. The average molecular weight is 511 g/mol. The van der Waals surface area contributed by atoms with Crippen molar-refractivity contribution in [3.63, 3.8) is 0 Å². The van der Waals surface area contributed by atoms with E-state index in [9.17, 15) is 17.3 Å². The Labute approximate surface area is 218 Å². The molecule has 3 aromatic carbocycles. The van der Waals surface area contributed by atoms with Gasteiger partial charge < -0.3 is 17.3 Å². The topological polar surface area (TPSA) is 3.88 Å². The molecular formula is C31H38BF4N. The average Bonchev–Trinajstić information content (AvgIpc) is 2.72. The highest BCUT2D eigenvalue weighted by atomic mass is 19.5. The maximum atomic E-state index is 9.75. The summed E-state index contributed by atoms with van der Waals surface area (Å²) in [6.07, 6.45) is 0. The Morgan fingerprint density at radius 3 is 1.27 bits per heavy atom. The molecule has 198 valence electrons. The first kappa shape index (κ1) is 28.7. The zero-order chi connectivity index (χ0) is 28.1. The van der Waals surface area contributed by atoms with Crippen molar-refractivity contribution >= 4 is 29.1 Å². The zero-order valence-corrected chi connectivity index (χ0v) is 23.7. The first-order chi connectivity index (χ1) is 16.8. The van der Waals surface area contributed by atoms with Gasteiger partial charge in [0.25, 0.3) is 0 Å². The van der Waals surface area contributed by atoms with Gasteiger partial charge in [0, 0.05) is 17.7 Å². The van der Waals surface area contributed by atoms with Gasteiger partial charge in [-0.05, 0) is 71.6 Å². The van der Waals surface area contributed by atoms with Gasteiger partial charge in [-0.15, -0.1) is 0 Å². The molecule has 0 saturated heterocycles. The Morgan fingerprint density at radius 1 is 0.595 bits per heavy atom. The number of rotatable bonds is 1. The number of nitrogens with zero attached hydrogens (tertiary/aromatic N) is 1. The summed E-state index contributed by atoms with van der Waals surface area (Å²) >= 11 is 0. The molecule has 0 amide bonds. The van der Waals surface area contributed by atoms with Crippen LogP contribution in [0.5, 0.6) is 0 Å². The van der Waals surface area contributed by atoms with Gasteiger partial charge in [0.2, 0.25) is 11.0 Å². The first-order valence-corrected chi connectivity index (χ1v) is 12.6. The molecule has 0 aliphatic rings. The lowest BCUT2D eigenvalue weighted by Crippen LogP contribution is -2.31. The predicted octanol–water partition coefficient (Wildman–Crippen LogP) is 9.30. The fourth-order valence-electron chi connectivity index (χ4n) is 5.09. The van der Waals surface area contributed by atoms with Crippen molar-refractivity contribution in [1.29, 1.82) is 0 Å². The quantitative estimate of drug-likeness (QED) is 0.104. The number of aryl methyl sites for hydroxylation is 4. The van der Waals surface area contributed by atoms with E-state index in [1.54, 1.807) is 0 Å². The standard InChI is InChI=1S/C31H38N.BF4/c1-19-15-20(2)28(21(3)16-19)29-24-13-11-22(30(4,5)6)17-26(24)32(10)27-18-23(31(7,8)9)12-14-25(27)29;2-1(3,4)5/h11-18H,1-10H3;/q+1;-1. The Balaban J connectivity index is 0.000000695. The molecule has 0 saturated carbocycles. The Bertz CT molecular complexity index is 1370. The third-order valence-electron chi connectivity index (χ3n) is 6.92. The Hall–Kier alpha value is -2.89. The molecule has 0 atom stereocenters. The second-order valence-electron chi connectivity index (χ2n) is 12.2. The van der Waals surface area contributed by atoms with E-state index in [4.69, 9.17) is 0 Å². The van der Waals surface area contributed by atoms with E-state index in [0.29, 0.717) is 0 Å². The maximum absolute atomic E-state index is 9.75. The molecule has 0 bridgehead atoms. The molecule has 1 aromatic heterocycles. The minimum absolute atomic E-state index is 0.110. The van der Waals surface area contributed by atoms with Gasteiger partial charge in [-0.25, -0.2) is 0 Å². The van der Waals surface area contributed by atoms with Crippen LogP contribution in [-0.2, 0) is 17.9 Å². The number of fused-ring (bicyclic) bond motifs is 2. The lowest BCUT2D eigenvalue weighted by atomic mass is 9.83. The van der Waals surface area contributed by atoms with Gasteiger partial charge in [-0.3, -0.25) is 0 Å². The fourth-order valence-corrected chi connectivity index (χ4v) is 5.09. The largest absolute Gasteiger partial charge is 0.673 e. The summed E-state index contributed by atoms with van der Waals surface area (Å²) in [6.45, 7) is 20.5. The highest BCUT2D eigenvalue weighted by Gasteiger charge is 2.25. The van der Waals surface area contributed by atoms with Gasteiger partial charge in [0.1, 0.15) is 7.05 Å². The van der Waals surface area contributed by atoms with E-state index >= 15 is 0 Å². The fraction of sp³-hybridized carbons (Fsp3) is 0.387. The minimum Gasteiger partial charge on any atom is -0.418 e. The molecule has 0 N–H and O–H groups in total. The van der Waals surface area contributed by atoms with Crippen LogP contribution in [0, 0.1) is 20.8 Å². The summed E-state index contributed by atoms with van der Waals surface area (Å²) in [5.74, 6) is 0. The van der Waals surface area contributed by atoms with Crippen molar-refractivity contribution in [3.8, 4) is 11.1 Å². The van der Waals surface area contributed by atoms with Crippen LogP contribution >= 0.6 is 0 Å². The second kappa shape index (κ2) is 9.77. The van der Waals surface area contributed by atoms with Crippen molar-refractivity contribution in [2.45, 2.75) is 73.1 Å². The van der Waals surface area contributed by atoms with Gasteiger partial charge in [0.15, 0.2) is 0 Å². The summed E-state index contributed by atoms with van der Waals surface area (Å²) in [5, 5.41) is 2.65. The summed E-state index contributed by atoms with van der Waals surface area (Å²) in [4.78, 5) is 0. The Morgan fingerprint density at radius 2 is 0.946 bits per heavy atom. The lowest BCUT2D eigenvalue weighted by molar-refractivity contribution is -0.617. The van der Waals surface area contributed by atoms with Crippen LogP contribution in [0.2, 0.25) is 0 Å². The van der Waals surface area contributed by atoms with Gasteiger partial charge in [-0.1, -0.05) is 71.4 Å². The molecule has 1 heterocycles. The van der Waals surface area contributed by atoms with Crippen molar-refractivity contribution in [1.82, 2.24) is 0 Å². The van der Waals surface area contributed by atoms with Crippen molar-refractivity contribution in [2.75, 3.05) is 0 Å². The molecule has 0 radical (unpaired) electrons. The number of pyridine rings is 1. The number of hydrogen-bond acceptors (Lipinski definition) is 0. The summed E-state index contributed by atoms with van der Waals surface area (Å²) in [5.41, 5.74) is 12.3. The minimum atomic E-state index is -6.00. The first-order valence-electron chi connectivity index (χ1n) is 12.6. The van der Waals surface area contributed by atoms with Crippen molar-refractivity contribution in [2.24, 2.45) is 7.05 Å². The molecule has 37 heavy (non-hydrogen) atoms. The molecule has 0 aliphatic heterocycles. The van der Waals surface area contributed by atoms with Crippen molar-refractivity contribution in [3.05, 3.63) is 76.3 Å². The van der Waals surface area contributed by atoms with E-state index in [1.807, 2.05) is 0 Å². The number of hydrogen-bond donors (Lipinski definition) is 0. The van der Waals surface area contributed by atoms with Crippen LogP contribution in [0.4, 0.5) is 17.3 Å². The number of benzene rings is 3. The van der Waals surface area contributed by atoms with E-state index in [-0.39, 0.29) is 10.8 Å². The molecule has 0 unspecified atom stereocenters. The third kappa shape index (κ3) is 6.34. The molecule has 0 aliphatic carbocycles. The molecule has 4 rings (SSSR count). The van der Waals surface area contributed by atoms with E-state index < -0.39 is 7.25 Å². The lowest BCUT2D eigenvalue weighted by Gasteiger charge is -2.22. The SMILES string of the molecule is Cc1cc(C)c(-c2c3ccc(C(C)(C)C)cc3[n+](C)c3cc(C(C)(C)C)ccc23)c(C)c1.F[B-](F)(F)F. The molecule has 0 spiro atoms. The predicted molar refractivity (Wildman–Crippen MR) is 150 cm³/mol. The monoisotopic (exact) mass is 511 g/mol. The van der Waals surface area contributed by atoms with E-state index in [2.05, 4.69) is 122 Å². The summed E-state index contributed by atoms with van der Waals surface area (Å²) < 4.78 is 41.4.